The molecule has 2 aromatic rings. The van der Waals surface area contributed by atoms with Gasteiger partial charge in [0, 0.05) is 11.6 Å². The molecule has 1 unspecified atom stereocenters. The largest absolute Gasteiger partial charge is 0.336 e. The van der Waals surface area contributed by atoms with Crippen LogP contribution in [-0.4, -0.2) is 26.0 Å². The topological polar surface area (TPSA) is 85.8 Å². The Kier molecular flexibility index (Phi) is 5.40. The molecule has 3 rings (SSSR count). The normalized spacial score (nSPS) is 16.7. The molecule has 1 aliphatic carbocycles. The Balaban J connectivity index is 1.63. The Hall–Kier alpha value is -2.02. The summed E-state index contributed by atoms with van der Waals surface area (Å²) in [5.41, 5.74) is 0.784. The van der Waals surface area contributed by atoms with Crippen molar-refractivity contribution in [1.82, 2.24) is 14.9 Å². The first-order chi connectivity index (χ1) is 11.6. The van der Waals surface area contributed by atoms with Gasteiger partial charge in [-0.1, -0.05) is 49.2 Å². The summed E-state index contributed by atoms with van der Waals surface area (Å²) in [6.07, 6.45) is 5.95. The number of benzene rings is 1. The number of aromatic nitrogens is 3. The molecule has 7 heteroatoms. The molecular formula is C17H23N5OS. The molecular weight excluding hydrogens is 322 g/mol. The Bertz CT molecular complexity index is 682. The monoisotopic (exact) mass is 345 g/mol. The molecule has 128 valence electrons. The van der Waals surface area contributed by atoms with Gasteiger partial charge in [-0.05, 0) is 31.9 Å². The third kappa shape index (κ3) is 3.90. The lowest BCUT2D eigenvalue weighted by Crippen LogP contribution is -2.24. The van der Waals surface area contributed by atoms with Gasteiger partial charge < -0.3 is 11.2 Å². The number of carbonyl (C=O) groups excluding carboxylic acids is 1. The number of hydrogen-bond donors (Lipinski definition) is 2. The molecule has 0 saturated heterocycles. The van der Waals surface area contributed by atoms with Gasteiger partial charge in [0.1, 0.15) is 0 Å². The fraction of sp³-hybridized carbons (Fsp3) is 0.471. The van der Waals surface area contributed by atoms with Crippen LogP contribution in [0.25, 0.3) is 0 Å². The molecule has 0 spiro atoms. The lowest BCUT2D eigenvalue weighted by molar-refractivity contribution is -0.115. The highest BCUT2D eigenvalue weighted by Crippen LogP contribution is 2.32. The molecule has 1 aromatic heterocycles. The summed E-state index contributed by atoms with van der Waals surface area (Å²) < 4.78 is 1.56. The van der Waals surface area contributed by atoms with Crippen molar-refractivity contribution in [3.8, 4) is 0 Å². The smallest absolute Gasteiger partial charge is 0.237 e. The van der Waals surface area contributed by atoms with E-state index in [2.05, 4.69) is 15.5 Å². The number of para-hydroxylation sites is 1. The molecule has 1 saturated carbocycles. The maximum Gasteiger partial charge on any atom is 0.237 e. The average Bonchev–Trinajstić information content (AvgIpc) is 2.97. The SMILES string of the molecule is CC(Sc1nnc(C2CCCCC2)n1N)C(=O)Nc1ccccc1. The van der Waals surface area contributed by atoms with Crippen LogP contribution in [0.4, 0.5) is 5.69 Å². The maximum absolute atomic E-state index is 12.3. The number of rotatable bonds is 5. The molecule has 0 radical (unpaired) electrons. The van der Waals surface area contributed by atoms with Crippen LogP contribution in [-0.2, 0) is 4.79 Å². The standard InChI is InChI=1S/C17H23N5OS/c1-12(16(23)19-14-10-6-3-7-11-14)24-17-21-20-15(22(17)18)13-8-4-2-5-9-13/h3,6-7,10-13H,2,4-5,8-9,18H2,1H3,(H,19,23). The van der Waals surface area contributed by atoms with Crippen LogP contribution in [0.5, 0.6) is 0 Å². The summed E-state index contributed by atoms with van der Waals surface area (Å²) in [6.45, 7) is 1.85. The number of nitrogens with one attached hydrogen (secondary N) is 1. The van der Waals surface area contributed by atoms with E-state index in [4.69, 9.17) is 5.84 Å². The van der Waals surface area contributed by atoms with Crippen LogP contribution >= 0.6 is 11.8 Å². The van der Waals surface area contributed by atoms with Crippen molar-refractivity contribution in [2.24, 2.45) is 0 Å². The van der Waals surface area contributed by atoms with Crippen LogP contribution < -0.4 is 11.2 Å². The van der Waals surface area contributed by atoms with Crippen molar-refractivity contribution < 1.29 is 4.79 Å². The van der Waals surface area contributed by atoms with E-state index < -0.39 is 0 Å². The van der Waals surface area contributed by atoms with E-state index in [0.717, 1.165) is 24.4 Å². The quantitative estimate of drug-likeness (QED) is 0.642. The van der Waals surface area contributed by atoms with E-state index in [1.54, 1.807) is 4.68 Å². The van der Waals surface area contributed by atoms with Gasteiger partial charge in [0.05, 0.1) is 5.25 Å². The number of anilines is 1. The number of nitrogens with two attached hydrogens (primary N) is 1. The molecule has 1 fully saturated rings. The average molecular weight is 345 g/mol. The molecule has 24 heavy (non-hydrogen) atoms. The van der Waals surface area contributed by atoms with Gasteiger partial charge in [-0.3, -0.25) is 4.79 Å². The number of carbonyl (C=O) groups is 1. The summed E-state index contributed by atoms with van der Waals surface area (Å²) >= 11 is 1.33. The fourth-order valence-corrected chi connectivity index (χ4v) is 3.76. The van der Waals surface area contributed by atoms with Crippen LogP contribution in [0.15, 0.2) is 35.5 Å². The molecule has 1 aliphatic rings. The Morgan fingerprint density at radius 2 is 1.96 bits per heavy atom. The van der Waals surface area contributed by atoms with Crippen LogP contribution in [0.3, 0.4) is 0 Å². The molecule has 1 amide bonds. The van der Waals surface area contributed by atoms with Crippen molar-refractivity contribution in [2.75, 3.05) is 11.2 Å². The van der Waals surface area contributed by atoms with E-state index in [1.165, 1.54) is 31.0 Å². The Morgan fingerprint density at radius 3 is 2.67 bits per heavy atom. The predicted octanol–water partition coefficient (Wildman–Crippen LogP) is 3.16. The molecule has 1 heterocycles. The lowest BCUT2D eigenvalue weighted by Gasteiger charge is -2.20. The van der Waals surface area contributed by atoms with Gasteiger partial charge in [0.25, 0.3) is 0 Å². The minimum atomic E-state index is -0.309. The van der Waals surface area contributed by atoms with E-state index in [1.807, 2.05) is 37.3 Å². The maximum atomic E-state index is 12.3. The third-order valence-electron chi connectivity index (χ3n) is 4.35. The van der Waals surface area contributed by atoms with Gasteiger partial charge in [0.2, 0.25) is 11.1 Å². The van der Waals surface area contributed by atoms with Crippen LogP contribution in [0.2, 0.25) is 0 Å². The number of amides is 1. The Morgan fingerprint density at radius 1 is 1.25 bits per heavy atom. The lowest BCUT2D eigenvalue weighted by atomic mass is 9.89. The number of nitrogen functional groups attached to an aromatic ring is 1. The third-order valence-corrected chi connectivity index (χ3v) is 5.41. The van der Waals surface area contributed by atoms with Crippen LogP contribution in [0.1, 0.15) is 50.8 Å². The van der Waals surface area contributed by atoms with Crippen LogP contribution in [0, 0.1) is 0 Å². The molecule has 0 aliphatic heterocycles. The molecule has 3 N–H and O–H groups in total. The number of thioether (sulfide) groups is 1. The molecule has 6 nitrogen and oxygen atoms in total. The zero-order chi connectivity index (χ0) is 16.9. The van der Waals surface area contributed by atoms with E-state index in [9.17, 15) is 4.79 Å². The Labute approximate surface area is 146 Å². The van der Waals surface area contributed by atoms with Crippen molar-refractivity contribution in [2.45, 2.75) is 55.4 Å². The summed E-state index contributed by atoms with van der Waals surface area (Å²) in [7, 11) is 0. The summed E-state index contributed by atoms with van der Waals surface area (Å²) in [5, 5.41) is 11.6. The van der Waals surface area contributed by atoms with Gasteiger partial charge in [-0.25, -0.2) is 4.68 Å². The highest BCUT2D eigenvalue weighted by molar-refractivity contribution is 8.00. The highest BCUT2D eigenvalue weighted by Gasteiger charge is 2.24. The van der Waals surface area contributed by atoms with Gasteiger partial charge in [-0.2, -0.15) is 0 Å². The second-order valence-corrected chi connectivity index (χ2v) is 7.47. The second kappa shape index (κ2) is 7.70. The molecule has 1 aromatic carbocycles. The second-order valence-electron chi connectivity index (χ2n) is 6.16. The summed E-state index contributed by atoms with van der Waals surface area (Å²) in [4.78, 5) is 12.3. The van der Waals surface area contributed by atoms with E-state index in [0.29, 0.717) is 11.1 Å². The minimum Gasteiger partial charge on any atom is -0.336 e. The van der Waals surface area contributed by atoms with Gasteiger partial charge >= 0.3 is 0 Å². The first-order valence-corrected chi connectivity index (χ1v) is 9.26. The minimum absolute atomic E-state index is 0.0755. The van der Waals surface area contributed by atoms with E-state index in [-0.39, 0.29) is 11.2 Å². The van der Waals surface area contributed by atoms with Crippen molar-refractivity contribution >= 4 is 23.4 Å². The van der Waals surface area contributed by atoms with Gasteiger partial charge in [0.15, 0.2) is 5.82 Å². The highest BCUT2D eigenvalue weighted by atomic mass is 32.2. The zero-order valence-corrected chi connectivity index (χ0v) is 14.6. The predicted molar refractivity (Wildman–Crippen MR) is 96.4 cm³/mol. The summed E-state index contributed by atoms with van der Waals surface area (Å²) in [6, 6.07) is 9.42. The first-order valence-electron chi connectivity index (χ1n) is 8.38. The fourth-order valence-electron chi connectivity index (χ4n) is 2.98. The van der Waals surface area contributed by atoms with E-state index >= 15 is 0 Å². The zero-order valence-electron chi connectivity index (χ0n) is 13.8. The number of hydrogen-bond acceptors (Lipinski definition) is 5. The molecule has 0 bridgehead atoms. The summed E-state index contributed by atoms with van der Waals surface area (Å²) in [5.74, 6) is 7.33. The number of nitrogens with zero attached hydrogens (tertiary/aromatic N) is 3. The first kappa shape index (κ1) is 16.8. The molecule has 1 atom stereocenters. The van der Waals surface area contributed by atoms with Gasteiger partial charge in [-0.15, -0.1) is 10.2 Å². The van der Waals surface area contributed by atoms with Crippen molar-refractivity contribution in [3.05, 3.63) is 36.2 Å². The van der Waals surface area contributed by atoms with Crippen molar-refractivity contribution in [1.29, 1.82) is 0 Å². The van der Waals surface area contributed by atoms with Crippen molar-refractivity contribution in [3.63, 3.8) is 0 Å².